The van der Waals surface area contributed by atoms with E-state index in [0.29, 0.717) is 22.7 Å². The molecule has 128 valence electrons. The van der Waals surface area contributed by atoms with Gasteiger partial charge in [-0.2, -0.15) is 0 Å². The molecule has 0 bridgehead atoms. The normalized spacial score (nSPS) is 21.1. The Morgan fingerprint density at radius 3 is 2.52 bits per heavy atom. The van der Waals surface area contributed by atoms with Crippen molar-refractivity contribution in [2.45, 2.75) is 51.6 Å². The summed E-state index contributed by atoms with van der Waals surface area (Å²) in [4.78, 5) is 14.4. The second kappa shape index (κ2) is 8.02. The predicted molar refractivity (Wildman–Crippen MR) is 95.7 cm³/mol. The van der Waals surface area contributed by atoms with Gasteiger partial charge in [0.05, 0.1) is 12.7 Å². The number of rotatable bonds is 5. The molecule has 0 radical (unpaired) electrons. The molecule has 1 aliphatic rings. The van der Waals surface area contributed by atoms with Crippen LogP contribution < -0.4 is 10.2 Å². The van der Waals surface area contributed by atoms with Gasteiger partial charge in [-0.05, 0) is 64.3 Å². The minimum Gasteiger partial charge on any atom is -0.465 e. The first-order chi connectivity index (χ1) is 11.0. The Morgan fingerprint density at radius 1 is 1.35 bits per heavy atom. The molecule has 0 aliphatic heterocycles. The number of anilines is 1. The highest BCUT2D eigenvalue weighted by atomic mass is 35.5. The fourth-order valence-electron chi connectivity index (χ4n) is 3.59. The zero-order valence-electron chi connectivity index (χ0n) is 14.5. The summed E-state index contributed by atoms with van der Waals surface area (Å²) >= 11 is 6.26. The molecule has 1 N–H and O–H groups in total. The fraction of sp³-hybridized carbons (Fsp3) is 0.611. The molecule has 5 heteroatoms. The topological polar surface area (TPSA) is 41.6 Å². The standard InChI is InChI=1S/C18H27ClN2O2/c1-5-21(15-8-6-14(20-3)7-9-15)17-11-13(19)10-16(12(17)2)18(22)23-4/h10-11,14-15,20H,5-9H2,1-4H3/t14-,15-. The Hall–Kier alpha value is -1.26. The molecule has 0 spiro atoms. The van der Waals surface area contributed by atoms with Crippen LogP contribution >= 0.6 is 11.6 Å². The number of benzene rings is 1. The van der Waals surface area contributed by atoms with Crippen molar-refractivity contribution in [3.8, 4) is 0 Å². The van der Waals surface area contributed by atoms with Gasteiger partial charge in [0.2, 0.25) is 0 Å². The van der Waals surface area contributed by atoms with Crippen LogP contribution in [-0.2, 0) is 4.74 Å². The summed E-state index contributed by atoms with van der Waals surface area (Å²) in [6.07, 6.45) is 4.67. The van der Waals surface area contributed by atoms with Crippen molar-refractivity contribution < 1.29 is 9.53 Å². The maximum absolute atomic E-state index is 12.0. The Morgan fingerprint density at radius 2 is 2.00 bits per heavy atom. The van der Waals surface area contributed by atoms with E-state index < -0.39 is 0 Å². The number of hydrogen-bond acceptors (Lipinski definition) is 4. The minimum absolute atomic E-state index is 0.332. The molecular weight excluding hydrogens is 312 g/mol. The van der Waals surface area contributed by atoms with Crippen molar-refractivity contribution in [2.24, 2.45) is 0 Å². The first-order valence-electron chi connectivity index (χ1n) is 8.34. The molecule has 1 saturated carbocycles. The van der Waals surface area contributed by atoms with Gasteiger partial charge in [-0.3, -0.25) is 0 Å². The lowest BCUT2D eigenvalue weighted by atomic mass is 9.89. The third-order valence-corrected chi connectivity index (χ3v) is 5.16. The number of nitrogens with zero attached hydrogens (tertiary/aromatic N) is 1. The van der Waals surface area contributed by atoms with Gasteiger partial charge in [0, 0.05) is 29.3 Å². The van der Waals surface area contributed by atoms with Crippen molar-refractivity contribution in [2.75, 3.05) is 25.6 Å². The molecule has 1 aromatic carbocycles. The van der Waals surface area contributed by atoms with Gasteiger partial charge in [-0.15, -0.1) is 0 Å². The average Bonchev–Trinajstić information content (AvgIpc) is 2.58. The second-order valence-electron chi connectivity index (χ2n) is 6.17. The van der Waals surface area contributed by atoms with Crippen molar-refractivity contribution >= 4 is 23.3 Å². The second-order valence-corrected chi connectivity index (χ2v) is 6.61. The van der Waals surface area contributed by atoms with E-state index in [1.54, 1.807) is 6.07 Å². The largest absolute Gasteiger partial charge is 0.465 e. The van der Waals surface area contributed by atoms with Gasteiger partial charge >= 0.3 is 5.97 Å². The molecule has 0 amide bonds. The average molecular weight is 339 g/mol. The van der Waals surface area contributed by atoms with Crippen LogP contribution in [0.1, 0.15) is 48.5 Å². The Labute approximate surface area is 144 Å². The van der Waals surface area contributed by atoms with E-state index in [0.717, 1.165) is 30.6 Å². The highest BCUT2D eigenvalue weighted by Crippen LogP contribution is 2.33. The SMILES string of the molecule is CCN(c1cc(Cl)cc(C(=O)OC)c1C)[C@H]1CC[C@H](NC)CC1. The van der Waals surface area contributed by atoms with Crippen LogP contribution in [0.2, 0.25) is 5.02 Å². The third-order valence-electron chi connectivity index (χ3n) is 4.95. The Balaban J connectivity index is 2.31. The summed E-state index contributed by atoms with van der Waals surface area (Å²) in [6, 6.07) is 4.78. The number of carbonyl (C=O) groups is 1. The monoisotopic (exact) mass is 338 g/mol. The zero-order chi connectivity index (χ0) is 17.0. The third kappa shape index (κ3) is 3.99. The summed E-state index contributed by atoms with van der Waals surface area (Å²) in [5.74, 6) is -0.332. The molecule has 23 heavy (non-hydrogen) atoms. The molecule has 0 heterocycles. The zero-order valence-corrected chi connectivity index (χ0v) is 15.2. The molecule has 1 fully saturated rings. The molecular formula is C18H27ClN2O2. The summed E-state index contributed by atoms with van der Waals surface area (Å²) in [6.45, 7) is 5.03. The first-order valence-corrected chi connectivity index (χ1v) is 8.71. The number of nitrogens with one attached hydrogen (secondary N) is 1. The van der Waals surface area contributed by atoms with E-state index in [2.05, 4.69) is 17.1 Å². The summed E-state index contributed by atoms with van der Waals surface area (Å²) < 4.78 is 4.89. The maximum Gasteiger partial charge on any atom is 0.338 e. The van der Waals surface area contributed by atoms with E-state index >= 15 is 0 Å². The van der Waals surface area contributed by atoms with Crippen molar-refractivity contribution in [1.29, 1.82) is 0 Å². The quantitative estimate of drug-likeness (QED) is 0.829. The van der Waals surface area contributed by atoms with E-state index in [1.165, 1.54) is 20.0 Å². The highest BCUT2D eigenvalue weighted by Gasteiger charge is 2.27. The van der Waals surface area contributed by atoms with Crippen LogP contribution in [0.3, 0.4) is 0 Å². The lowest BCUT2D eigenvalue weighted by Crippen LogP contribution is -2.42. The molecule has 0 saturated heterocycles. The van der Waals surface area contributed by atoms with Gasteiger partial charge in [0.25, 0.3) is 0 Å². The van der Waals surface area contributed by atoms with Gasteiger partial charge in [0.1, 0.15) is 0 Å². The molecule has 1 aliphatic carbocycles. The van der Waals surface area contributed by atoms with Crippen LogP contribution in [0.5, 0.6) is 0 Å². The number of methoxy groups -OCH3 is 1. The first kappa shape index (κ1) is 18.1. The lowest BCUT2D eigenvalue weighted by Gasteiger charge is -2.38. The molecule has 0 aromatic heterocycles. The van der Waals surface area contributed by atoms with Crippen molar-refractivity contribution in [3.63, 3.8) is 0 Å². The van der Waals surface area contributed by atoms with Gasteiger partial charge in [-0.1, -0.05) is 11.6 Å². The smallest absolute Gasteiger partial charge is 0.338 e. The van der Waals surface area contributed by atoms with E-state index in [9.17, 15) is 4.79 Å². The number of carbonyl (C=O) groups excluding carboxylic acids is 1. The number of esters is 1. The van der Waals surface area contributed by atoms with Gasteiger partial charge in [0.15, 0.2) is 0 Å². The van der Waals surface area contributed by atoms with Crippen LogP contribution in [-0.4, -0.2) is 38.8 Å². The predicted octanol–water partition coefficient (Wildman–Crippen LogP) is 3.79. The van der Waals surface area contributed by atoms with Crippen LogP contribution in [0.25, 0.3) is 0 Å². The molecule has 2 rings (SSSR count). The number of halogens is 1. The molecule has 1 aromatic rings. The van der Waals surface area contributed by atoms with Crippen molar-refractivity contribution in [1.82, 2.24) is 5.32 Å². The Bertz CT molecular complexity index is 554. The summed E-state index contributed by atoms with van der Waals surface area (Å²) in [5.41, 5.74) is 2.55. The van der Waals surface area contributed by atoms with Crippen LogP contribution in [0, 0.1) is 6.92 Å². The van der Waals surface area contributed by atoms with E-state index in [-0.39, 0.29) is 5.97 Å². The Kier molecular flexibility index (Phi) is 6.31. The molecule has 0 unspecified atom stereocenters. The van der Waals surface area contributed by atoms with Gasteiger partial charge < -0.3 is 15.0 Å². The lowest BCUT2D eigenvalue weighted by molar-refractivity contribution is 0.0600. The highest BCUT2D eigenvalue weighted by molar-refractivity contribution is 6.31. The fourth-order valence-corrected chi connectivity index (χ4v) is 3.80. The number of ether oxygens (including phenoxy) is 1. The van der Waals surface area contributed by atoms with E-state index in [4.69, 9.17) is 16.3 Å². The van der Waals surface area contributed by atoms with Crippen molar-refractivity contribution in [3.05, 3.63) is 28.3 Å². The number of hydrogen-bond donors (Lipinski definition) is 1. The molecule has 0 atom stereocenters. The van der Waals surface area contributed by atoms with E-state index in [1.807, 2.05) is 20.0 Å². The van der Waals surface area contributed by atoms with Crippen LogP contribution in [0.4, 0.5) is 5.69 Å². The maximum atomic E-state index is 12.0. The van der Waals surface area contributed by atoms with Gasteiger partial charge in [-0.25, -0.2) is 4.79 Å². The molecule has 4 nitrogen and oxygen atoms in total. The summed E-state index contributed by atoms with van der Waals surface area (Å²) in [5, 5.41) is 3.95. The minimum atomic E-state index is -0.332. The summed E-state index contributed by atoms with van der Waals surface area (Å²) in [7, 11) is 3.44. The van der Waals surface area contributed by atoms with Crippen LogP contribution in [0.15, 0.2) is 12.1 Å².